The SMILES string of the molecule is CC(NC(=O)C1CCCN1)C(=O)NCC(=O)NC(CCC(=O)O)C(=O)O. The summed E-state index contributed by atoms with van der Waals surface area (Å²) < 4.78 is 0. The van der Waals surface area contributed by atoms with Crippen molar-refractivity contribution >= 4 is 29.7 Å². The van der Waals surface area contributed by atoms with E-state index in [1.54, 1.807) is 0 Å². The smallest absolute Gasteiger partial charge is 0.326 e. The van der Waals surface area contributed by atoms with Crippen LogP contribution in [0.25, 0.3) is 0 Å². The van der Waals surface area contributed by atoms with Crippen molar-refractivity contribution in [1.29, 1.82) is 0 Å². The Morgan fingerprint density at radius 2 is 1.85 bits per heavy atom. The number of nitrogens with one attached hydrogen (secondary N) is 4. The Hall–Kier alpha value is -2.69. The van der Waals surface area contributed by atoms with Gasteiger partial charge in [0.15, 0.2) is 0 Å². The van der Waals surface area contributed by atoms with Crippen LogP contribution in [0.4, 0.5) is 0 Å². The summed E-state index contributed by atoms with van der Waals surface area (Å²) in [6, 6.07) is -2.56. The maximum absolute atomic E-state index is 11.9. The van der Waals surface area contributed by atoms with E-state index < -0.39 is 48.8 Å². The molecule has 3 atom stereocenters. The van der Waals surface area contributed by atoms with E-state index in [0.717, 1.165) is 13.0 Å². The zero-order valence-corrected chi connectivity index (χ0v) is 14.4. The van der Waals surface area contributed by atoms with Gasteiger partial charge in [-0.1, -0.05) is 0 Å². The fourth-order valence-electron chi connectivity index (χ4n) is 2.38. The average molecular weight is 372 g/mol. The quantitative estimate of drug-likeness (QED) is 0.250. The molecule has 0 aliphatic carbocycles. The van der Waals surface area contributed by atoms with Gasteiger partial charge >= 0.3 is 11.9 Å². The normalized spacial score (nSPS) is 18.4. The van der Waals surface area contributed by atoms with Gasteiger partial charge in [-0.05, 0) is 32.7 Å². The van der Waals surface area contributed by atoms with E-state index in [1.165, 1.54) is 6.92 Å². The molecule has 146 valence electrons. The van der Waals surface area contributed by atoms with Crippen molar-refractivity contribution in [1.82, 2.24) is 21.3 Å². The van der Waals surface area contributed by atoms with Gasteiger partial charge in [-0.3, -0.25) is 19.2 Å². The maximum Gasteiger partial charge on any atom is 0.326 e. The fourth-order valence-corrected chi connectivity index (χ4v) is 2.38. The molecule has 0 aromatic carbocycles. The van der Waals surface area contributed by atoms with Gasteiger partial charge in [0.25, 0.3) is 0 Å². The summed E-state index contributed by atoms with van der Waals surface area (Å²) in [5.74, 6) is -4.21. The molecule has 11 nitrogen and oxygen atoms in total. The third kappa shape index (κ3) is 7.47. The molecule has 26 heavy (non-hydrogen) atoms. The molecule has 0 saturated carbocycles. The summed E-state index contributed by atoms with van der Waals surface area (Å²) in [6.07, 6.45) is 0.883. The second-order valence-corrected chi connectivity index (χ2v) is 5.99. The number of carbonyl (C=O) groups excluding carboxylic acids is 3. The maximum atomic E-state index is 11.9. The highest BCUT2D eigenvalue weighted by molar-refractivity contribution is 5.92. The van der Waals surface area contributed by atoms with E-state index in [0.29, 0.717) is 6.42 Å². The largest absolute Gasteiger partial charge is 0.481 e. The Morgan fingerprint density at radius 1 is 1.15 bits per heavy atom. The summed E-state index contributed by atoms with van der Waals surface area (Å²) in [5, 5.41) is 27.5. The van der Waals surface area contributed by atoms with E-state index in [-0.39, 0.29) is 18.4 Å². The highest BCUT2D eigenvalue weighted by Gasteiger charge is 2.25. The fraction of sp³-hybridized carbons (Fsp3) is 0.667. The van der Waals surface area contributed by atoms with Gasteiger partial charge in [0.1, 0.15) is 12.1 Å². The van der Waals surface area contributed by atoms with Crippen LogP contribution in [-0.4, -0.2) is 71.1 Å². The van der Waals surface area contributed by atoms with Crippen molar-refractivity contribution in [3.8, 4) is 0 Å². The second-order valence-electron chi connectivity index (χ2n) is 5.99. The lowest BCUT2D eigenvalue weighted by Gasteiger charge is -2.18. The zero-order valence-electron chi connectivity index (χ0n) is 14.4. The molecule has 3 unspecified atom stereocenters. The highest BCUT2D eigenvalue weighted by Crippen LogP contribution is 2.04. The van der Waals surface area contributed by atoms with Crippen LogP contribution in [0.15, 0.2) is 0 Å². The van der Waals surface area contributed by atoms with Crippen molar-refractivity contribution in [2.24, 2.45) is 0 Å². The number of hydrogen-bond donors (Lipinski definition) is 6. The van der Waals surface area contributed by atoms with Crippen LogP contribution in [-0.2, 0) is 24.0 Å². The summed E-state index contributed by atoms with van der Waals surface area (Å²) >= 11 is 0. The zero-order chi connectivity index (χ0) is 19.7. The van der Waals surface area contributed by atoms with Gasteiger partial charge in [0, 0.05) is 6.42 Å². The Labute approximate surface area is 149 Å². The molecular weight excluding hydrogens is 348 g/mol. The molecule has 6 N–H and O–H groups in total. The van der Waals surface area contributed by atoms with Crippen molar-refractivity contribution in [2.45, 2.75) is 50.7 Å². The Bertz CT molecular complexity index is 560. The molecule has 1 fully saturated rings. The van der Waals surface area contributed by atoms with Crippen LogP contribution in [0.2, 0.25) is 0 Å². The van der Waals surface area contributed by atoms with E-state index in [1.807, 2.05) is 0 Å². The van der Waals surface area contributed by atoms with E-state index >= 15 is 0 Å². The molecule has 0 bridgehead atoms. The minimum Gasteiger partial charge on any atom is -0.481 e. The number of carboxylic acids is 2. The molecule has 3 amide bonds. The van der Waals surface area contributed by atoms with Gasteiger partial charge < -0.3 is 31.5 Å². The minimum atomic E-state index is -1.37. The average Bonchev–Trinajstić information content (AvgIpc) is 3.10. The van der Waals surface area contributed by atoms with Crippen LogP contribution in [0.5, 0.6) is 0 Å². The molecule has 11 heteroatoms. The summed E-state index contributed by atoms with van der Waals surface area (Å²) in [7, 11) is 0. The monoisotopic (exact) mass is 372 g/mol. The van der Waals surface area contributed by atoms with Gasteiger partial charge in [0.2, 0.25) is 17.7 Å². The Morgan fingerprint density at radius 3 is 2.38 bits per heavy atom. The predicted molar refractivity (Wildman–Crippen MR) is 88.1 cm³/mol. The summed E-state index contributed by atoms with van der Waals surface area (Å²) in [5.41, 5.74) is 0. The molecule has 1 heterocycles. The third-order valence-corrected chi connectivity index (χ3v) is 3.83. The molecule has 0 radical (unpaired) electrons. The molecule has 0 aromatic heterocycles. The Kier molecular flexibility index (Phi) is 8.49. The van der Waals surface area contributed by atoms with Crippen molar-refractivity contribution < 1.29 is 34.2 Å². The van der Waals surface area contributed by atoms with Crippen LogP contribution < -0.4 is 21.3 Å². The van der Waals surface area contributed by atoms with E-state index in [4.69, 9.17) is 10.2 Å². The molecule has 1 saturated heterocycles. The topological polar surface area (TPSA) is 174 Å². The first kappa shape index (κ1) is 21.4. The minimum absolute atomic E-state index is 0.273. The first-order chi connectivity index (χ1) is 12.2. The lowest BCUT2D eigenvalue weighted by atomic mass is 10.1. The van der Waals surface area contributed by atoms with Gasteiger partial charge in [-0.25, -0.2) is 4.79 Å². The van der Waals surface area contributed by atoms with Crippen LogP contribution in [0, 0.1) is 0 Å². The molecule has 0 spiro atoms. The molecule has 1 aliphatic heterocycles. The first-order valence-corrected chi connectivity index (χ1v) is 8.26. The first-order valence-electron chi connectivity index (χ1n) is 8.26. The standard InChI is InChI=1S/C15H24N4O7/c1-8(18-14(24)9-3-2-6-16-9)13(23)17-7-11(20)19-10(15(25)26)4-5-12(21)22/h8-10,16H,2-7H2,1H3,(H,17,23)(H,18,24)(H,19,20)(H,21,22)(H,25,26). The van der Waals surface area contributed by atoms with E-state index in [2.05, 4.69) is 21.3 Å². The number of carboxylic acid groups (broad SMARTS) is 2. The van der Waals surface area contributed by atoms with Crippen molar-refractivity contribution in [2.75, 3.05) is 13.1 Å². The van der Waals surface area contributed by atoms with E-state index in [9.17, 15) is 24.0 Å². The van der Waals surface area contributed by atoms with Crippen LogP contribution in [0.1, 0.15) is 32.6 Å². The van der Waals surface area contributed by atoms with Gasteiger partial charge in [-0.2, -0.15) is 0 Å². The van der Waals surface area contributed by atoms with Gasteiger partial charge in [0.05, 0.1) is 12.6 Å². The van der Waals surface area contributed by atoms with Crippen LogP contribution in [0.3, 0.4) is 0 Å². The third-order valence-electron chi connectivity index (χ3n) is 3.83. The van der Waals surface area contributed by atoms with Crippen molar-refractivity contribution in [3.05, 3.63) is 0 Å². The molecule has 0 aromatic rings. The number of rotatable bonds is 10. The van der Waals surface area contributed by atoms with Crippen molar-refractivity contribution in [3.63, 3.8) is 0 Å². The number of amides is 3. The predicted octanol–water partition coefficient (Wildman–Crippen LogP) is -2.21. The molecule has 1 aliphatic rings. The number of carbonyl (C=O) groups is 5. The highest BCUT2D eigenvalue weighted by atomic mass is 16.4. The second kappa shape index (κ2) is 10.3. The number of aliphatic carboxylic acids is 2. The molecular formula is C15H24N4O7. The van der Waals surface area contributed by atoms with Gasteiger partial charge in [-0.15, -0.1) is 0 Å². The summed E-state index contributed by atoms with van der Waals surface area (Å²) in [6.45, 7) is 1.72. The number of hydrogen-bond acceptors (Lipinski definition) is 6. The Balaban J connectivity index is 2.37. The molecule has 1 rings (SSSR count). The lowest BCUT2D eigenvalue weighted by molar-refractivity contribution is -0.143. The van der Waals surface area contributed by atoms with Crippen LogP contribution >= 0.6 is 0 Å². The summed E-state index contributed by atoms with van der Waals surface area (Å²) in [4.78, 5) is 57.0. The lowest BCUT2D eigenvalue weighted by Crippen LogP contribution is -2.52.